The van der Waals surface area contributed by atoms with Gasteiger partial charge in [-0.1, -0.05) is 0 Å². The second kappa shape index (κ2) is 6.03. The first-order valence-electron chi connectivity index (χ1n) is 7.31. The molecule has 1 N–H and O–H groups in total. The maximum absolute atomic E-state index is 12.6. The number of halogens is 3. The number of aromatic nitrogens is 1. The standard InChI is InChI=1S/C18H15F3N2O/c1-11-9-10-23-17-15(8-7-14(22-2)16(11)17)24-13-5-3-12(4-6-13)18(19,20)21/h3-10,22H,1-2H3. The van der Waals surface area contributed by atoms with E-state index in [1.165, 1.54) is 12.1 Å². The number of aryl methyl sites for hydroxylation is 1. The number of benzene rings is 2. The van der Waals surface area contributed by atoms with Gasteiger partial charge in [-0.3, -0.25) is 4.98 Å². The lowest BCUT2D eigenvalue weighted by molar-refractivity contribution is -0.137. The Bertz CT molecular complexity index is 874. The summed E-state index contributed by atoms with van der Waals surface area (Å²) in [6, 6.07) is 10.1. The van der Waals surface area contributed by atoms with Gasteiger partial charge in [0.15, 0.2) is 5.75 Å². The monoisotopic (exact) mass is 332 g/mol. The Hall–Kier alpha value is -2.76. The van der Waals surface area contributed by atoms with E-state index in [4.69, 9.17) is 4.74 Å². The summed E-state index contributed by atoms with van der Waals surface area (Å²) in [5, 5.41) is 4.03. The quantitative estimate of drug-likeness (QED) is 0.697. The predicted octanol–water partition coefficient (Wildman–Crippen LogP) is 5.40. The Morgan fingerprint density at radius 3 is 2.33 bits per heavy atom. The van der Waals surface area contributed by atoms with Crippen molar-refractivity contribution in [1.29, 1.82) is 0 Å². The van der Waals surface area contributed by atoms with E-state index in [2.05, 4.69) is 10.3 Å². The third-order valence-corrected chi connectivity index (χ3v) is 3.74. The van der Waals surface area contributed by atoms with E-state index in [1.807, 2.05) is 26.1 Å². The number of hydrogen-bond acceptors (Lipinski definition) is 3. The molecule has 0 aliphatic carbocycles. The maximum atomic E-state index is 12.6. The summed E-state index contributed by atoms with van der Waals surface area (Å²) in [6.45, 7) is 1.97. The highest BCUT2D eigenvalue weighted by molar-refractivity contribution is 5.97. The molecule has 124 valence electrons. The molecule has 2 aromatic carbocycles. The van der Waals surface area contributed by atoms with E-state index in [0.29, 0.717) is 17.0 Å². The van der Waals surface area contributed by atoms with Crippen molar-refractivity contribution in [3.8, 4) is 11.5 Å². The molecule has 0 spiro atoms. The number of ether oxygens (including phenoxy) is 1. The molecule has 24 heavy (non-hydrogen) atoms. The number of hydrogen-bond donors (Lipinski definition) is 1. The van der Waals surface area contributed by atoms with Gasteiger partial charge in [0.1, 0.15) is 11.3 Å². The number of anilines is 1. The SMILES string of the molecule is CNc1ccc(Oc2ccc(C(F)(F)F)cc2)c2nccc(C)c12. The highest BCUT2D eigenvalue weighted by atomic mass is 19.4. The van der Waals surface area contributed by atoms with E-state index < -0.39 is 11.7 Å². The van der Waals surface area contributed by atoms with Crippen molar-refractivity contribution in [1.82, 2.24) is 4.98 Å². The molecule has 0 atom stereocenters. The fraction of sp³-hybridized carbons (Fsp3) is 0.167. The van der Waals surface area contributed by atoms with Crippen LogP contribution in [-0.2, 0) is 6.18 Å². The molecule has 0 saturated heterocycles. The lowest BCUT2D eigenvalue weighted by atomic mass is 10.1. The average Bonchev–Trinajstić information content (AvgIpc) is 2.55. The summed E-state index contributed by atoms with van der Waals surface area (Å²) in [7, 11) is 1.82. The van der Waals surface area contributed by atoms with Gasteiger partial charge in [-0.2, -0.15) is 13.2 Å². The van der Waals surface area contributed by atoms with Gasteiger partial charge in [0.25, 0.3) is 0 Å². The molecule has 0 saturated carbocycles. The molecule has 0 aliphatic heterocycles. The van der Waals surface area contributed by atoms with Gasteiger partial charge in [-0.15, -0.1) is 0 Å². The maximum Gasteiger partial charge on any atom is 0.416 e. The van der Waals surface area contributed by atoms with E-state index in [-0.39, 0.29) is 0 Å². The minimum Gasteiger partial charge on any atom is -0.455 e. The van der Waals surface area contributed by atoms with Crippen LogP contribution in [0.5, 0.6) is 11.5 Å². The highest BCUT2D eigenvalue weighted by Gasteiger charge is 2.30. The molecule has 0 aliphatic rings. The molecule has 1 heterocycles. The lowest BCUT2D eigenvalue weighted by Gasteiger charge is -2.13. The summed E-state index contributed by atoms with van der Waals surface area (Å²) < 4.78 is 43.6. The first-order chi connectivity index (χ1) is 11.4. The highest BCUT2D eigenvalue weighted by Crippen LogP contribution is 2.36. The van der Waals surface area contributed by atoms with Crippen molar-refractivity contribution in [2.24, 2.45) is 0 Å². The smallest absolute Gasteiger partial charge is 0.416 e. The number of pyridine rings is 1. The number of fused-ring (bicyclic) bond motifs is 1. The average molecular weight is 332 g/mol. The molecular formula is C18H15F3N2O. The summed E-state index contributed by atoms with van der Waals surface area (Å²) in [5.74, 6) is 0.817. The van der Waals surface area contributed by atoms with Crippen LogP contribution in [0, 0.1) is 6.92 Å². The minimum absolute atomic E-state index is 0.324. The van der Waals surface area contributed by atoms with Gasteiger partial charge in [-0.05, 0) is 55.0 Å². The van der Waals surface area contributed by atoms with Crippen LogP contribution in [0.25, 0.3) is 10.9 Å². The van der Waals surface area contributed by atoms with Gasteiger partial charge in [-0.25, -0.2) is 0 Å². The molecule has 0 unspecified atom stereocenters. The topological polar surface area (TPSA) is 34.1 Å². The van der Waals surface area contributed by atoms with Crippen molar-refractivity contribution in [3.63, 3.8) is 0 Å². The molecule has 3 aromatic rings. The Morgan fingerprint density at radius 1 is 1.00 bits per heavy atom. The Balaban J connectivity index is 2.00. The Labute approximate surface area is 137 Å². The lowest BCUT2D eigenvalue weighted by Crippen LogP contribution is -2.04. The molecule has 0 bridgehead atoms. The van der Waals surface area contributed by atoms with Gasteiger partial charge in [0.05, 0.1) is 5.56 Å². The summed E-state index contributed by atoms with van der Waals surface area (Å²) in [6.07, 6.45) is -2.69. The Morgan fingerprint density at radius 2 is 1.71 bits per heavy atom. The van der Waals surface area contributed by atoms with Gasteiger partial charge < -0.3 is 10.1 Å². The van der Waals surface area contributed by atoms with Crippen LogP contribution in [0.2, 0.25) is 0 Å². The molecule has 1 aromatic heterocycles. The zero-order chi connectivity index (χ0) is 17.3. The molecule has 6 heteroatoms. The summed E-state index contributed by atoms with van der Waals surface area (Å²) >= 11 is 0. The zero-order valence-corrected chi connectivity index (χ0v) is 13.1. The van der Waals surface area contributed by atoms with Crippen molar-refractivity contribution in [3.05, 3.63) is 59.8 Å². The van der Waals surface area contributed by atoms with Gasteiger partial charge in [0, 0.05) is 24.3 Å². The molecule has 0 amide bonds. The minimum atomic E-state index is -4.36. The third-order valence-electron chi connectivity index (χ3n) is 3.74. The molecule has 0 fully saturated rings. The van der Waals surface area contributed by atoms with Crippen LogP contribution in [-0.4, -0.2) is 12.0 Å². The molecule has 3 nitrogen and oxygen atoms in total. The van der Waals surface area contributed by atoms with Crippen LogP contribution >= 0.6 is 0 Å². The van der Waals surface area contributed by atoms with E-state index in [0.717, 1.165) is 28.8 Å². The van der Waals surface area contributed by atoms with Crippen LogP contribution in [0.1, 0.15) is 11.1 Å². The largest absolute Gasteiger partial charge is 0.455 e. The molecule has 3 rings (SSSR count). The van der Waals surface area contributed by atoms with Crippen LogP contribution in [0.4, 0.5) is 18.9 Å². The second-order valence-electron chi connectivity index (χ2n) is 5.34. The zero-order valence-electron chi connectivity index (χ0n) is 13.1. The molecule has 0 radical (unpaired) electrons. The second-order valence-corrected chi connectivity index (χ2v) is 5.34. The van der Waals surface area contributed by atoms with Crippen molar-refractivity contribution in [2.45, 2.75) is 13.1 Å². The van der Waals surface area contributed by atoms with Crippen molar-refractivity contribution >= 4 is 16.6 Å². The van der Waals surface area contributed by atoms with E-state index in [1.54, 1.807) is 12.3 Å². The van der Waals surface area contributed by atoms with Crippen LogP contribution < -0.4 is 10.1 Å². The number of alkyl halides is 3. The number of nitrogens with zero attached hydrogens (tertiary/aromatic N) is 1. The van der Waals surface area contributed by atoms with E-state index >= 15 is 0 Å². The fourth-order valence-electron chi connectivity index (χ4n) is 2.54. The fourth-order valence-corrected chi connectivity index (χ4v) is 2.54. The van der Waals surface area contributed by atoms with Crippen molar-refractivity contribution < 1.29 is 17.9 Å². The Kier molecular flexibility index (Phi) is 4.05. The normalized spacial score (nSPS) is 11.5. The summed E-state index contributed by atoms with van der Waals surface area (Å²) in [5.41, 5.74) is 1.89. The van der Waals surface area contributed by atoms with Crippen LogP contribution in [0.3, 0.4) is 0 Å². The number of rotatable bonds is 3. The first kappa shape index (κ1) is 16.1. The van der Waals surface area contributed by atoms with Gasteiger partial charge in [0.2, 0.25) is 0 Å². The van der Waals surface area contributed by atoms with E-state index in [9.17, 15) is 13.2 Å². The predicted molar refractivity (Wildman–Crippen MR) is 87.5 cm³/mol. The first-order valence-corrected chi connectivity index (χ1v) is 7.31. The van der Waals surface area contributed by atoms with Gasteiger partial charge >= 0.3 is 6.18 Å². The summed E-state index contributed by atoms with van der Waals surface area (Å²) in [4.78, 5) is 4.36. The number of nitrogens with one attached hydrogen (secondary N) is 1. The van der Waals surface area contributed by atoms with Crippen LogP contribution in [0.15, 0.2) is 48.7 Å². The third kappa shape index (κ3) is 2.99. The molecular weight excluding hydrogens is 317 g/mol. The van der Waals surface area contributed by atoms with Crippen molar-refractivity contribution in [2.75, 3.05) is 12.4 Å².